The van der Waals surface area contributed by atoms with Crippen molar-refractivity contribution in [3.05, 3.63) is 29.9 Å². The third kappa shape index (κ3) is 0.967. The van der Waals surface area contributed by atoms with Gasteiger partial charge in [-0.05, 0) is 11.6 Å². The fourth-order valence-corrected chi connectivity index (χ4v) is 1.14. The number of rotatable bonds is 1. The second-order valence-electron chi connectivity index (χ2n) is 2.43. The van der Waals surface area contributed by atoms with Gasteiger partial charge in [-0.2, -0.15) is 4.98 Å². The SMILES string of the molecule is NCc1cccc2oc(F)nc12. The summed E-state index contributed by atoms with van der Waals surface area (Å²) >= 11 is 0. The number of hydrogen-bond donors (Lipinski definition) is 1. The zero-order valence-electron chi connectivity index (χ0n) is 6.25. The molecule has 0 unspecified atom stereocenters. The van der Waals surface area contributed by atoms with E-state index in [4.69, 9.17) is 5.73 Å². The zero-order chi connectivity index (χ0) is 8.55. The molecular formula is C8H7FN2O. The lowest BCUT2D eigenvalue weighted by molar-refractivity contribution is 0.355. The molecule has 1 aromatic carbocycles. The molecule has 0 saturated heterocycles. The predicted molar refractivity (Wildman–Crippen MR) is 41.9 cm³/mol. The van der Waals surface area contributed by atoms with E-state index in [1.807, 2.05) is 0 Å². The highest BCUT2D eigenvalue weighted by molar-refractivity contribution is 5.75. The van der Waals surface area contributed by atoms with E-state index in [-0.39, 0.29) is 0 Å². The summed E-state index contributed by atoms with van der Waals surface area (Å²) in [5.74, 6) is 0. The van der Waals surface area contributed by atoms with Gasteiger partial charge >= 0.3 is 6.14 Å². The van der Waals surface area contributed by atoms with Crippen LogP contribution < -0.4 is 5.73 Å². The molecule has 0 radical (unpaired) electrons. The Balaban J connectivity index is 2.78. The molecule has 1 aromatic heterocycles. The summed E-state index contributed by atoms with van der Waals surface area (Å²) < 4.78 is 17.2. The van der Waals surface area contributed by atoms with Gasteiger partial charge in [-0.25, -0.2) is 0 Å². The van der Waals surface area contributed by atoms with Crippen molar-refractivity contribution >= 4 is 11.1 Å². The Bertz CT molecular complexity index is 410. The Hall–Kier alpha value is -1.42. The third-order valence-electron chi connectivity index (χ3n) is 1.70. The molecule has 0 saturated carbocycles. The lowest BCUT2D eigenvalue weighted by Gasteiger charge is -1.93. The normalized spacial score (nSPS) is 10.8. The largest absolute Gasteiger partial charge is 0.415 e. The maximum atomic E-state index is 12.5. The molecule has 0 aliphatic carbocycles. The van der Waals surface area contributed by atoms with Gasteiger partial charge < -0.3 is 10.2 Å². The molecule has 0 fully saturated rings. The molecule has 4 heteroatoms. The Morgan fingerprint density at radius 2 is 2.33 bits per heavy atom. The molecular weight excluding hydrogens is 159 g/mol. The first-order valence-electron chi connectivity index (χ1n) is 3.55. The average molecular weight is 166 g/mol. The van der Waals surface area contributed by atoms with Crippen molar-refractivity contribution in [2.24, 2.45) is 5.73 Å². The minimum Gasteiger partial charge on any atom is -0.415 e. The molecule has 2 rings (SSSR count). The first-order valence-corrected chi connectivity index (χ1v) is 3.55. The second kappa shape index (κ2) is 2.57. The number of nitrogens with zero attached hydrogens (tertiary/aromatic N) is 1. The van der Waals surface area contributed by atoms with Crippen molar-refractivity contribution in [3.8, 4) is 0 Å². The average Bonchev–Trinajstić information content (AvgIpc) is 2.44. The van der Waals surface area contributed by atoms with Crippen LogP contribution in [-0.4, -0.2) is 4.98 Å². The maximum Gasteiger partial charge on any atom is 0.382 e. The lowest BCUT2D eigenvalue weighted by atomic mass is 10.2. The molecule has 3 nitrogen and oxygen atoms in total. The van der Waals surface area contributed by atoms with Crippen LogP contribution in [0.5, 0.6) is 0 Å². The fraction of sp³-hybridized carbons (Fsp3) is 0.125. The molecule has 2 N–H and O–H groups in total. The first-order chi connectivity index (χ1) is 5.81. The molecule has 0 spiro atoms. The van der Waals surface area contributed by atoms with Crippen LogP contribution >= 0.6 is 0 Å². The van der Waals surface area contributed by atoms with Gasteiger partial charge in [0.05, 0.1) is 0 Å². The molecule has 0 aliphatic rings. The number of benzene rings is 1. The van der Waals surface area contributed by atoms with E-state index in [2.05, 4.69) is 9.40 Å². The lowest BCUT2D eigenvalue weighted by Crippen LogP contribution is -1.96. The summed E-state index contributed by atoms with van der Waals surface area (Å²) in [6.45, 7) is 0.337. The van der Waals surface area contributed by atoms with Crippen LogP contribution in [0.3, 0.4) is 0 Å². The van der Waals surface area contributed by atoms with Gasteiger partial charge in [-0.15, -0.1) is 4.39 Å². The Labute approximate surface area is 68.0 Å². The molecule has 12 heavy (non-hydrogen) atoms. The molecule has 62 valence electrons. The zero-order valence-corrected chi connectivity index (χ0v) is 6.25. The van der Waals surface area contributed by atoms with Crippen molar-refractivity contribution in [3.63, 3.8) is 0 Å². The Morgan fingerprint density at radius 1 is 1.50 bits per heavy atom. The molecule has 0 aliphatic heterocycles. The number of fused-ring (bicyclic) bond motifs is 1. The number of halogens is 1. The van der Waals surface area contributed by atoms with Crippen LogP contribution in [0.1, 0.15) is 5.56 Å². The van der Waals surface area contributed by atoms with Crippen LogP contribution in [0.4, 0.5) is 4.39 Å². The summed E-state index contributed by atoms with van der Waals surface area (Å²) in [7, 11) is 0. The van der Waals surface area contributed by atoms with E-state index in [1.165, 1.54) is 0 Å². The summed E-state index contributed by atoms with van der Waals surface area (Å²) in [5, 5.41) is 0. The highest BCUT2D eigenvalue weighted by atomic mass is 19.1. The highest BCUT2D eigenvalue weighted by Gasteiger charge is 2.06. The second-order valence-corrected chi connectivity index (χ2v) is 2.43. The quantitative estimate of drug-likeness (QED) is 0.697. The van der Waals surface area contributed by atoms with Crippen molar-refractivity contribution < 1.29 is 8.81 Å². The maximum absolute atomic E-state index is 12.5. The molecule has 0 amide bonds. The van der Waals surface area contributed by atoms with Gasteiger partial charge in [0.2, 0.25) is 0 Å². The van der Waals surface area contributed by atoms with Crippen molar-refractivity contribution in [1.29, 1.82) is 0 Å². The van der Waals surface area contributed by atoms with Crippen LogP contribution in [0, 0.1) is 6.14 Å². The van der Waals surface area contributed by atoms with Crippen molar-refractivity contribution in [2.45, 2.75) is 6.54 Å². The van der Waals surface area contributed by atoms with Gasteiger partial charge in [0.1, 0.15) is 5.52 Å². The Kier molecular flexibility index (Phi) is 1.55. The predicted octanol–water partition coefficient (Wildman–Crippen LogP) is 1.43. The minimum absolute atomic E-state index is 0.337. The molecule has 1 heterocycles. The summed E-state index contributed by atoms with van der Waals surface area (Å²) in [4.78, 5) is 3.57. The summed E-state index contributed by atoms with van der Waals surface area (Å²) in [5.41, 5.74) is 7.16. The summed E-state index contributed by atoms with van der Waals surface area (Å²) in [6.07, 6.45) is -0.814. The minimum atomic E-state index is -0.814. The number of nitrogens with two attached hydrogens (primary N) is 1. The van der Waals surface area contributed by atoms with Crippen LogP contribution in [0.15, 0.2) is 22.6 Å². The van der Waals surface area contributed by atoms with Gasteiger partial charge in [0, 0.05) is 6.54 Å². The van der Waals surface area contributed by atoms with Gasteiger partial charge in [0.25, 0.3) is 0 Å². The first kappa shape index (κ1) is 7.24. The fourth-order valence-electron chi connectivity index (χ4n) is 1.14. The number of oxazole rings is 1. The summed E-state index contributed by atoms with van der Waals surface area (Å²) in [6, 6.07) is 5.21. The van der Waals surface area contributed by atoms with Gasteiger partial charge in [-0.1, -0.05) is 12.1 Å². The number of hydrogen-bond acceptors (Lipinski definition) is 3. The van der Waals surface area contributed by atoms with Crippen molar-refractivity contribution in [2.75, 3.05) is 0 Å². The highest BCUT2D eigenvalue weighted by Crippen LogP contribution is 2.17. The molecule has 0 bridgehead atoms. The molecule has 0 atom stereocenters. The van der Waals surface area contributed by atoms with Crippen LogP contribution in [-0.2, 0) is 6.54 Å². The monoisotopic (exact) mass is 166 g/mol. The van der Waals surface area contributed by atoms with Crippen LogP contribution in [0.25, 0.3) is 11.1 Å². The van der Waals surface area contributed by atoms with E-state index in [1.54, 1.807) is 18.2 Å². The standard InChI is InChI=1S/C8H7FN2O/c9-8-11-7-5(4-10)2-1-3-6(7)12-8/h1-3H,4,10H2. The van der Waals surface area contributed by atoms with E-state index in [0.29, 0.717) is 17.6 Å². The van der Waals surface area contributed by atoms with E-state index >= 15 is 0 Å². The van der Waals surface area contributed by atoms with Crippen LogP contribution in [0.2, 0.25) is 0 Å². The van der Waals surface area contributed by atoms with Crippen molar-refractivity contribution in [1.82, 2.24) is 4.98 Å². The van der Waals surface area contributed by atoms with Gasteiger partial charge in [0.15, 0.2) is 5.58 Å². The molecule has 2 aromatic rings. The van der Waals surface area contributed by atoms with E-state index in [0.717, 1.165) is 5.56 Å². The third-order valence-corrected chi connectivity index (χ3v) is 1.70. The number of para-hydroxylation sites is 1. The van der Waals surface area contributed by atoms with Gasteiger partial charge in [-0.3, -0.25) is 0 Å². The van der Waals surface area contributed by atoms with E-state index < -0.39 is 6.14 Å². The number of aromatic nitrogens is 1. The smallest absolute Gasteiger partial charge is 0.382 e. The Morgan fingerprint density at radius 3 is 3.08 bits per heavy atom. The van der Waals surface area contributed by atoms with E-state index in [9.17, 15) is 4.39 Å². The topological polar surface area (TPSA) is 52.0 Å².